The van der Waals surface area contributed by atoms with Crippen LogP contribution < -0.4 is 11.5 Å². The van der Waals surface area contributed by atoms with Gasteiger partial charge in [-0.15, -0.1) is 0 Å². The molecule has 152 valence electrons. The smallest absolute Gasteiger partial charge is 0.225 e. The predicted octanol–water partition coefficient (Wildman–Crippen LogP) is 4.30. The highest BCUT2D eigenvalue weighted by Crippen LogP contribution is 2.31. The van der Waals surface area contributed by atoms with Gasteiger partial charge in [-0.1, -0.05) is 68.1 Å². The number of anilines is 2. The molecule has 0 amide bonds. The van der Waals surface area contributed by atoms with Gasteiger partial charge in [0.2, 0.25) is 11.9 Å². The van der Waals surface area contributed by atoms with Crippen molar-refractivity contribution in [3.8, 4) is 16.9 Å². The summed E-state index contributed by atoms with van der Waals surface area (Å²) in [6.07, 6.45) is 1.89. The number of imidazole rings is 1. The van der Waals surface area contributed by atoms with Gasteiger partial charge in [0.05, 0.1) is 17.6 Å². The van der Waals surface area contributed by atoms with Crippen LogP contribution in [0.4, 0.5) is 11.9 Å². The molecule has 2 heterocycles. The summed E-state index contributed by atoms with van der Waals surface area (Å²) in [5.74, 6) is 1.72. The highest BCUT2D eigenvalue weighted by Gasteiger charge is 2.15. The Hall–Kier alpha value is -3.39. The molecule has 0 atom stereocenters. The number of benzene rings is 2. The Morgan fingerprint density at radius 2 is 1.57 bits per heavy atom. The van der Waals surface area contributed by atoms with Crippen LogP contribution in [0.25, 0.3) is 16.9 Å². The molecule has 2 aromatic heterocycles. The summed E-state index contributed by atoms with van der Waals surface area (Å²) < 4.78 is 2.15. The number of hydrogen-bond acceptors (Lipinski definition) is 7. The van der Waals surface area contributed by atoms with E-state index in [1.54, 1.807) is 0 Å². The second kappa shape index (κ2) is 8.54. The molecule has 0 bridgehead atoms. The topological polar surface area (TPSA) is 109 Å². The number of rotatable bonds is 6. The number of nitrogens with two attached hydrogens (primary N) is 2. The second-order valence-corrected chi connectivity index (χ2v) is 8.07. The Balaban J connectivity index is 1.72. The number of nitrogen functional groups attached to an aromatic ring is 2. The number of hydrogen-bond donors (Lipinski definition) is 2. The van der Waals surface area contributed by atoms with Crippen LogP contribution in [0.3, 0.4) is 0 Å². The van der Waals surface area contributed by atoms with Gasteiger partial charge in [-0.2, -0.15) is 15.0 Å². The van der Waals surface area contributed by atoms with Crippen LogP contribution in [0.5, 0.6) is 0 Å². The molecule has 4 rings (SSSR count). The van der Waals surface area contributed by atoms with Crippen LogP contribution in [-0.4, -0.2) is 24.5 Å². The molecule has 4 N–H and O–H groups in total. The second-order valence-electron chi connectivity index (χ2n) is 7.13. The molecule has 0 aliphatic rings. The maximum absolute atomic E-state index is 5.70. The third-order valence-electron chi connectivity index (χ3n) is 4.66. The van der Waals surface area contributed by atoms with E-state index in [2.05, 4.69) is 74.7 Å². The molecule has 0 radical (unpaired) electrons. The molecule has 0 spiro atoms. The first-order valence-electron chi connectivity index (χ1n) is 9.63. The lowest BCUT2D eigenvalue weighted by Gasteiger charge is -2.13. The quantitative estimate of drug-likeness (QED) is 0.450. The Morgan fingerprint density at radius 1 is 0.900 bits per heavy atom. The number of nitrogens with zero attached hydrogens (tertiary/aromatic N) is 5. The average Bonchev–Trinajstić information content (AvgIpc) is 3.16. The van der Waals surface area contributed by atoms with Crippen molar-refractivity contribution < 1.29 is 0 Å². The Bertz CT molecular complexity index is 1120. The molecule has 0 fully saturated rings. The first-order chi connectivity index (χ1) is 14.5. The molecule has 8 heteroatoms. The van der Waals surface area contributed by atoms with Crippen molar-refractivity contribution in [3.63, 3.8) is 0 Å². The molecule has 7 nitrogen and oxygen atoms in total. The van der Waals surface area contributed by atoms with E-state index in [-0.39, 0.29) is 11.9 Å². The summed E-state index contributed by atoms with van der Waals surface area (Å²) in [5, 5.41) is 0.837. The third kappa shape index (κ3) is 4.28. The molecule has 0 saturated carbocycles. The first kappa shape index (κ1) is 19.9. The minimum Gasteiger partial charge on any atom is -0.368 e. The molecular formula is C22H23N7S. The molecule has 2 aromatic carbocycles. The fourth-order valence-electron chi connectivity index (χ4n) is 3.16. The van der Waals surface area contributed by atoms with Crippen molar-refractivity contribution in [2.75, 3.05) is 11.5 Å². The Morgan fingerprint density at radius 3 is 2.20 bits per heavy atom. The fourth-order valence-corrected chi connectivity index (χ4v) is 4.00. The lowest BCUT2D eigenvalue weighted by atomic mass is 10.0. The predicted molar refractivity (Wildman–Crippen MR) is 121 cm³/mol. The van der Waals surface area contributed by atoms with Crippen molar-refractivity contribution in [2.24, 2.45) is 0 Å². The Labute approximate surface area is 179 Å². The van der Waals surface area contributed by atoms with Gasteiger partial charge in [0.25, 0.3) is 0 Å². The van der Waals surface area contributed by atoms with Crippen molar-refractivity contribution in [1.29, 1.82) is 0 Å². The van der Waals surface area contributed by atoms with Crippen molar-refractivity contribution in [3.05, 3.63) is 72.2 Å². The van der Waals surface area contributed by atoms with E-state index in [0.29, 0.717) is 17.5 Å². The Kier molecular flexibility index (Phi) is 5.67. The molecule has 0 saturated heterocycles. The maximum Gasteiger partial charge on any atom is 0.225 e. The van der Waals surface area contributed by atoms with E-state index in [1.807, 2.05) is 24.4 Å². The van der Waals surface area contributed by atoms with Crippen LogP contribution in [0, 0.1) is 0 Å². The number of aromatic nitrogens is 5. The van der Waals surface area contributed by atoms with Gasteiger partial charge < -0.3 is 11.5 Å². The molecular weight excluding hydrogens is 394 g/mol. The highest BCUT2D eigenvalue weighted by molar-refractivity contribution is 7.98. The monoisotopic (exact) mass is 417 g/mol. The van der Waals surface area contributed by atoms with Gasteiger partial charge in [-0.3, -0.25) is 4.57 Å². The molecule has 0 aliphatic heterocycles. The first-order valence-corrected chi connectivity index (χ1v) is 10.6. The van der Waals surface area contributed by atoms with E-state index in [9.17, 15) is 0 Å². The minimum absolute atomic E-state index is 0.121. The summed E-state index contributed by atoms with van der Waals surface area (Å²) in [6.45, 7) is 4.38. The summed E-state index contributed by atoms with van der Waals surface area (Å²) in [4.78, 5) is 16.8. The van der Waals surface area contributed by atoms with Gasteiger partial charge in [0.1, 0.15) is 5.82 Å². The summed E-state index contributed by atoms with van der Waals surface area (Å²) in [5.41, 5.74) is 15.9. The largest absolute Gasteiger partial charge is 0.368 e. The summed E-state index contributed by atoms with van der Waals surface area (Å²) in [7, 11) is 0. The van der Waals surface area contributed by atoms with Gasteiger partial charge in [0, 0.05) is 11.3 Å². The minimum atomic E-state index is 0.121. The average molecular weight is 418 g/mol. The zero-order valence-corrected chi connectivity index (χ0v) is 17.7. The van der Waals surface area contributed by atoms with Gasteiger partial charge in [-0.25, -0.2) is 4.98 Å². The third-order valence-corrected chi connectivity index (χ3v) is 5.61. The van der Waals surface area contributed by atoms with Gasteiger partial charge >= 0.3 is 0 Å². The lowest BCUT2D eigenvalue weighted by Crippen LogP contribution is -2.06. The fraction of sp³-hybridized carbons (Fsp3) is 0.182. The molecule has 4 aromatic rings. The van der Waals surface area contributed by atoms with E-state index < -0.39 is 0 Å². The number of thioether (sulfide) groups is 1. The maximum atomic E-state index is 5.70. The zero-order chi connectivity index (χ0) is 21.1. The van der Waals surface area contributed by atoms with Gasteiger partial charge in [0.15, 0.2) is 5.16 Å². The van der Waals surface area contributed by atoms with Gasteiger partial charge in [-0.05, 0) is 23.6 Å². The van der Waals surface area contributed by atoms with E-state index >= 15 is 0 Å². The highest BCUT2D eigenvalue weighted by atomic mass is 32.2. The van der Waals surface area contributed by atoms with E-state index in [4.69, 9.17) is 11.5 Å². The SMILES string of the molecule is CC(C)c1ccc(-n2c(-c3ccccc3)cnc2SCc2nc(N)nc(N)n2)cc1. The zero-order valence-electron chi connectivity index (χ0n) is 16.9. The van der Waals surface area contributed by atoms with Crippen LogP contribution in [0.1, 0.15) is 31.2 Å². The summed E-state index contributed by atoms with van der Waals surface area (Å²) >= 11 is 1.53. The van der Waals surface area contributed by atoms with Crippen molar-refractivity contribution >= 4 is 23.7 Å². The standard InChI is InChI=1S/C22H23N7S/c1-14(2)15-8-10-17(11-9-15)29-18(16-6-4-3-5-7-16)12-25-22(29)30-13-19-26-20(23)28-21(24)27-19/h3-12,14H,13H2,1-2H3,(H4,23,24,26,27,28). The van der Waals surface area contributed by atoms with Crippen LogP contribution in [-0.2, 0) is 5.75 Å². The molecule has 0 aliphatic carbocycles. The summed E-state index contributed by atoms with van der Waals surface area (Å²) in [6, 6.07) is 18.8. The van der Waals surface area contributed by atoms with Crippen LogP contribution >= 0.6 is 11.8 Å². The van der Waals surface area contributed by atoms with E-state index in [1.165, 1.54) is 17.3 Å². The molecule has 30 heavy (non-hydrogen) atoms. The molecule has 0 unspecified atom stereocenters. The van der Waals surface area contributed by atoms with Crippen LogP contribution in [0.15, 0.2) is 66.0 Å². The van der Waals surface area contributed by atoms with E-state index in [0.717, 1.165) is 22.1 Å². The van der Waals surface area contributed by atoms with Crippen LogP contribution in [0.2, 0.25) is 0 Å². The normalized spacial score (nSPS) is 11.2. The lowest BCUT2D eigenvalue weighted by molar-refractivity contribution is 0.859. The van der Waals surface area contributed by atoms with Crippen molar-refractivity contribution in [1.82, 2.24) is 24.5 Å². The van der Waals surface area contributed by atoms with Crippen molar-refractivity contribution in [2.45, 2.75) is 30.7 Å².